The second kappa shape index (κ2) is 9.36. The van der Waals surface area contributed by atoms with Crippen LogP contribution in [0, 0.1) is 22.6 Å². The van der Waals surface area contributed by atoms with Crippen molar-refractivity contribution in [3.05, 3.63) is 47.8 Å². The summed E-state index contributed by atoms with van der Waals surface area (Å²) in [5.41, 5.74) is 2.65. The van der Waals surface area contributed by atoms with E-state index in [0.717, 1.165) is 56.0 Å². The highest BCUT2D eigenvalue weighted by atomic mass is 19.1. The lowest BCUT2D eigenvalue weighted by atomic mass is 9.97. The molecule has 1 aromatic carbocycles. The number of benzene rings is 1. The number of hydrogen-bond acceptors (Lipinski definition) is 6. The van der Waals surface area contributed by atoms with E-state index in [0.29, 0.717) is 18.0 Å². The van der Waals surface area contributed by atoms with E-state index in [1.54, 1.807) is 6.20 Å². The Morgan fingerprint density at radius 3 is 2.55 bits per heavy atom. The van der Waals surface area contributed by atoms with Gasteiger partial charge in [-0.05, 0) is 30.5 Å². The Hall–Kier alpha value is -3.18. The molecule has 0 N–H and O–H groups in total. The highest BCUT2D eigenvalue weighted by molar-refractivity contribution is 5.77. The third-order valence-electron chi connectivity index (χ3n) is 5.78. The van der Waals surface area contributed by atoms with Crippen molar-refractivity contribution in [2.75, 3.05) is 37.7 Å². The molecule has 7 nitrogen and oxygen atoms in total. The summed E-state index contributed by atoms with van der Waals surface area (Å²) in [4.78, 5) is 13.1. The van der Waals surface area contributed by atoms with Crippen LogP contribution in [0.1, 0.15) is 39.2 Å². The summed E-state index contributed by atoms with van der Waals surface area (Å²) in [5.74, 6) is 0.506. The fourth-order valence-electron chi connectivity index (χ4n) is 4.31. The number of ether oxygens (including phenoxy) is 1. The maximum absolute atomic E-state index is 14.6. The molecule has 0 spiro atoms. The van der Waals surface area contributed by atoms with Gasteiger partial charge in [-0.1, -0.05) is 20.8 Å². The van der Waals surface area contributed by atoms with E-state index >= 15 is 0 Å². The number of halogens is 1. The van der Waals surface area contributed by atoms with Crippen molar-refractivity contribution in [2.24, 2.45) is 5.41 Å². The second-order valence-corrected chi connectivity index (χ2v) is 9.68. The second-order valence-electron chi connectivity index (χ2n) is 9.68. The molecule has 8 heteroatoms. The Morgan fingerprint density at radius 1 is 1.15 bits per heavy atom. The number of nitrogens with zero attached hydrogens (tertiary/aromatic N) is 6. The van der Waals surface area contributed by atoms with Gasteiger partial charge in [-0.2, -0.15) is 5.26 Å². The fraction of sp³-hybridized carbons (Fsp3) is 0.480. The number of rotatable bonds is 6. The number of aromatic nitrogens is 3. The predicted octanol–water partition coefficient (Wildman–Crippen LogP) is 4.21. The van der Waals surface area contributed by atoms with Crippen molar-refractivity contribution in [1.82, 2.24) is 19.4 Å². The Labute approximate surface area is 194 Å². The quantitative estimate of drug-likeness (QED) is 0.560. The van der Waals surface area contributed by atoms with Crippen LogP contribution in [0.3, 0.4) is 0 Å². The lowest BCUT2D eigenvalue weighted by Crippen LogP contribution is -2.46. The van der Waals surface area contributed by atoms with Gasteiger partial charge < -0.3 is 14.2 Å². The molecule has 0 amide bonds. The first kappa shape index (κ1) is 23.0. The summed E-state index contributed by atoms with van der Waals surface area (Å²) < 4.78 is 22.2. The van der Waals surface area contributed by atoms with E-state index < -0.39 is 0 Å². The van der Waals surface area contributed by atoms with Gasteiger partial charge in [0, 0.05) is 62.6 Å². The third kappa shape index (κ3) is 5.25. The van der Waals surface area contributed by atoms with Crippen LogP contribution in [0.4, 0.5) is 10.1 Å². The van der Waals surface area contributed by atoms with Gasteiger partial charge in [-0.25, -0.2) is 14.4 Å². The van der Waals surface area contributed by atoms with Gasteiger partial charge in [0.2, 0.25) is 5.82 Å². The molecule has 0 saturated carbocycles. The van der Waals surface area contributed by atoms with Gasteiger partial charge in [0.15, 0.2) is 0 Å². The van der Waals surface area contributed by atoms with E-state index in [2.05, 4.69) is 51.2 Å². The van der Waals surface area contributed by atoms with Gasteiger partial charge in [0.25, 0.3) is 0 Å². The average Bonchev–Trinajstić information content (AvgIpc) is 3.09. The molecule has 3 heterocycles. The topological polar surface area (TPSA) is 70.2 Å². The first-order chi connectivity index (χ1) is 15.8. The molecule has 1 saturated heterocycles. The van der Waals surface area contributed by atoms with Gasteiger partial charge in [-0.3, -0.25) is 4.90 Å². The van der Waals surface area contributed by atoms with E-state index in [1.807, 2.05) is 25.1 Å². The summed E-state index contributed by atoms with van der Waals surface area (Å²) in [6.45, 7) is 13.7. The van der Waals surface area contributed by atoms with Crippen molar-refractivity contribution in [3.63, 3.8) is 0 Å². The molecule has 1 fully saturated rings. The zero-order valence-electron chi connectivity index (χ0n) is 19.8. The normalized spacial score (nSPS) is 15.1. The SMILES string of the molecule is CCOc1ccc(N2CCN(Cc3cc4cnc(C#N)nc4n3CC(C)(C)C)CC2)c(F)c1. The van der Waals surface area contributed by atoms with Crippen LogP contribution in [-0.2, 0) is 13.1 Å². The molecule has 0 atom stereocenters. The monoisotopic (exact) mass is 450 g/mol. The molecule has 3 aromatic rings. The molecular formula is C25H31FN6O. The maximum atomic E-state index is 14.6. The maximum Gasteiger partial charge on any atom is 0.234 e. The lowest BCUT2D eigenvalue weighted by molar-refractivity contribution is 0.238. The van der Waals surface area contributed by atoms with Crippen molar-refractivity contribution in [3.8, 4) is 11.8 Å². The van der Waals surface area contributed by atoms with Gasteiger partial charge in [0.1, 0.15) is 23.3 Å². The number of piperazine rings is 1. The fourth-order valence-corrected chi connectivity index (χ4v) is 4.31. The average molecular weight is 451 g/mol. The standard InChI is InChI=1S/C25H31FN6O/c1-5-33-20-6-7-22(21(26)13-20)31-10-8-30(9-11-31)16-19-12-18-15-28-23(14-27)29-24(18)32(19)17-25(2,3)4/h6-7,12-13,15H,5,8-11,16-17H2,1-4H3. The minimum absolute atomic E-state index is 0.0579. The van der Waals surface area contributed by atoms with Crippen LogP contribution in [0.2, 0.25) is 0 Å². The van der Waals surface area contributed by atoms with E-state index in [9.17, 15) is 9.65 Å². The number of hydrogen-bond donors (Lipinski definition) is 0. The minimum atomic E-state index is -0.244. The molecule has 0 unspecified atom stereocenters. The molecule has 0 bridgehead atoms. The summed E-state index contributed by atoms with van der Waals surface area (Å²) in [5, 5.41) is 10.2. The Morgan fingerprint density at radius 2 is 1.91 bits per heavy atom. The Kier molecular flexibility index (Phi) is 6.52. The summed E-state index contributed by atoms with van der Waals surface area (Å²) in [7, 11) is 0. The molecule has 33 heavy (non-hydrogen) atoms. The van der Waals surface area contributed by atoms with Crippen molar-refractivity contribution in [2.45, 2.75) is 40.8 Å². The first-order valence-corrected chi connectivity index (χ1v) is 11.4. The number of fused-ring (bicyclic) bond motifs is 1. The van der Waals surface area contributed by atoms with Gasteiger partial charge in [0.05, 0.1) is 12.3 Å². The molecule has 2 aromatic heterocycles. The Balaban J connectivity index is 1.50. The van der Waals surface area contributed by atoms with Crippen molar-refractivity contribution >= 4 is 16.7 Å². The van der Waals surface area contributed by atoms with Crippen LogP contribution in [0.15, 0.2) is 30.5 Å². The molecular weight excluding hydrogens is 419 g/mol. The minimum Gasteiger partial charge on any atom is -0.494 e. The van der Waals surface area contributed by atoms with Crippen LogP contribution in [0.5, 0.6) is 5.75 Å². The molecule has 1 aliphatic heterocycles. The van der Waals surface area contributed by atoms with E-state index in [4.69, 9.17) is 4.74 Å². The Bertz CT molecular complexity index is 1170. The smallest absolute Gasteiger partial charge is 0.234 e. The molecule has 0 aliphatic carbocycles. The van der Waals surface area contributed by atoms with Crippen LogP contribution in [-0.4, -0.2) is 52.2 Å². The zero-order chi connectivity index (χ0) is 23.6. The van der Waals surface area contributed by atoms with Crippen LogP contribution < -0.4 is 9.64 Å². The van der Waals surface area contributed by atoms with E-state index in [1.165, 1.54) is 6.07 Å². The molecule has 174 valence electrons. The molecule has 0 radical (unpaired) electrons. The number of nitriles is 1. The highest BCUT2D eigenvalue weighted by Gasteiger charge is 2.23. The summed E-state index contributed by atoms with van der Waals surface area (Å²) in [6, 6.07) is 9.27. The van der Waals surface area contributed by atoms with Crippen LogP contribution >= 0.6 is 0 Å². The molecule has 4 rings (SSSR count). The molecule has 1 aliphatic rings. The highest BCUT2D eigenvalue weighted by Crippen LogP contribution is 2.27. The van der Waals surface area contributed by atoms with Gasteiger partial charge >= 0.3 is 0 Å². The lowest BCUT2D eigenvalue weighted by Gasteiger charge is -2.36. The third-order valence-corrected chi connectivity index (χ3v) is 5.78. The summed E-state index contributed by atoms with van der Waals surface area (Å²) >= 11 is 0. The first-order valence-electron chi connectivity index (χ1n) is 11.4. The van der Waals surface area contributed by atoms with Crippen molar-refractivity contribution in [1.29, 1.82) is 5.26 Å². The van der Waals surface area contributed by atoms with Gasteiger partial charge in [-0.15, -0.1) is 0 Å². The predicted molar refractivity (Wildman–Crippen MR) is 127 cm³/mol. The number of anilines is 1. The van der Waals surface area contributed by atoms with Crippen molar-refractivity contribution < 1.29 is 9.13 Å². The van der Waals surface area contributed by atoms with Crippen LogP contribution in [0.25, 0.3) is 11.0 Å². The van der Waals surface area contributed by atoms with E-state index in [-0.39, 0.29) is 17.1 Å². The largest absolute Gasteiger partial charge is 0.494 e. The zero-order valence-corrected chi connectivity index (χ0v) is 19.8. The summed E-state index contributed by atoms with van der Waals surface area (Å²) in [6.07, 6.45) is 1.73.